The molecule has 2 heterocycles. The Hall–Kier alpha value is -1.89. The highest BCUT2D eigenvalue weighted by Gasteiger charge is 2.13. The highest BCUT2D eigenvalue weighted by Crippen LogP contribution is 2.21. The molecule has 2 aromatic heterocycles. The molecule has 2 rings (SSSR count). The minimum Gasteiger partial charge on any atom is -0.481 e. The Balaban J connectivity index is 2.37. The fourth-order valence-electron chi connectivity index (χ4n) is 1.52. The maximum Gasteiger partial charge on any atom is 0.313 e. The topological polar surface area (TPSA) is 80.9 Å². The molecule has 94 valence electrons. The van der Waals surface area contributed by atoms with Gasteiger partial charge in [-0.3, -0.25) is 14.3 Å². The molecule has 2 aromatic rings. The molecule has 0 aliphatic heterocycles. The molecule has 6 nitrogen and oxygen atoms in total. The Morgan fingerprint density at radius 1 is 1.39 bits per heavy atom. The summed E-state index contributed by atoms with van der Waals surface area (Å²) in [5.74, 6) is -0.220. The van der Waals surface area contributed by atoms with Crippen LogP contribution in [0.1, 0.15) is 11.4 Å². The fraction of sp³-hybridized carbons (Fsp3) is 0.273. The summed E-state index contributed by atoms with van der Waals surface area (Å²) < 4.78 is 1.80. The van der Waals surface area contributed by atoms with Gasteiger partial charge < -0.3 is 5.11 Å². The summed E-state index contributed by atoms with van der Waals surface area (Å²) in [7, 11) is 0. The number of aliphatic carboxylic acids is 1. The summed E-state index contributed by atoms with van der Waals surface area (Å²) in [5, 5.41) is 17.2. The van der Waals surface area contributed by atoms with Gasteiger partial charge in [-0.2, -0.15) is 0 Å². The number of aryl methyl sites for hydroxylation is 2. The molecule has 0 aliphatic rings. The van der Waals surface area contributed by atoms with Crippen molar-refractivity contribution in [1.82, 2.24) is 19.7 Å². The van der Waals surface area contributed by atoms with Gasteiger partial charge in [-0.25, -0.2) is 0 Å². The van der Waals surface area contributed by atoms with E-state index in [1.807, 2.05) is 19.9 Å². The van der Waals surface area contributed by atoms with E-state index < -0.39 is 5.97 Å². The zero-order chi connectivity index (χ0) is 13.1. The van der Waals surface area contributed by atoms with Crippen LogP contribution in [0.2, 0.25) is 0 Å². The molecule has 0 amide bonds. The molecule has 0 atom stereocenters. The van der Waals surface area contributed by atoms with Crippen LogP contribution in [0.25, 0.3) is 5.69 Å². The van der Waals surface area contributed by atoms with Gasteiger partial charge in [0.2, 0.25) is 0 Å². The quantitative estimate of drug-likeness (QED) is 0.842. The molecule has 18 heavy (non-hydrogen) atoms. The highest BCUT2D eigenvalue weighted by atomic mass is 32.2. The number of pyridine rings is 1. The Kier molecular flexibility index (Phi) is 3.61. The smallest absolute Gasteiger partial charge is 0.313 e. The number of aromatic nitrogens is 4. The van der Waals surface area contributed by atoms with Crippen LogP contribution >= 0.6 is 11.8 Å². The van der Waals surface area contributed by atoms with Crippen LogP contribution in [0.3, 0.4) is 0 Å². The lowest BCUT2D eigenvalue weighted by molar-refractivity contribution is -0.133. The van der Waals surface area contributed by atoms with Gasteiger partial charge in [0.05, 0.1) is 17.6 Å². The van der Waals surface area contributed by atoms with Crippen molar-refractivity contribution in [3.63, 3.8) is 0 Å². The Morgan fingerprint density at radius 3 is 2.83 bits per heavy atom. The Labute approximate surface area is 108 Å². The maximum absolute atomic E-state index is 10.6. The monoisotopic (exact) mass is 264 g/mol. The second-order valence-corrected chi connectivity index (χ2v) is 4.71. The number of rotatable bonds is 4. The Bertz CT molecular complexity index is 582. The predicted molar refractivity (Wildman–Crippen MR) is 67.0 cm³/mol. The maximum atomic E-state index is 10.6. The number of carboxylic acids is 1. The van der Waals surface area contributed by atoms with E-state index >= 15 is 0 Å². The van der Waals surface area contributed by atoms with Crippen LogP contribution in [0.15, 0.2) is 23.6 Å². The van der Waals surface area contributed by atoms with Gasteiger partial charge in [0.15, 0.2) is 5.16 Å². The predicted octanol–water partition coefficient (Wildman–Crippen LogP) is 1.46. The average Bonchev–Trinajstić information content (AvgIpc) is 2.68. The molecular formula is C11H12N4O2S. The summed E-state index contributed by atoms with van der Waals surface area (Å²) in [6.07, 6.45) is 3.46. The van der Waals surface area contributed by atoms with Gasteiger partial charge in [-0.1, -0.05) is 11.8 Å². The molecule has 0 aliphatic carbocycles. The first-order valence-electron chi connectivity index (χ1n) is 5.26. The number of carbonyl (C=O) groups is 1. The lowest BCUT2D eigenvalue weighted by atomic mass is 10.3. The Morgan fingerprint density at radius 2 is 2.17 bits per heavy atom. The SMILES string of the molecule is Cc1cncc(-n2c(C)nnc2SCC(=O)O)c1. The summed E-state index contributed by atoms with van der Waals surface area (Å²) in [6, 6.07) is 1.95. The van der Waals surface area contributed by atoms with Gasteiger partial charge in [0.25, 0.3) is 0 Å². The zero-order valence-corrected chi connectivity index (χ0v) is 10.8. The van der Waals surface area contributed by atoms with E-state index in [9.17, 15) is 4.79 Å². The molecule has 7 heteroatoms. The third-order valence-corrected chi connectivity index (χ3v) is 3.15. The normalized spacial score (nSPS) is 10.6. The van der Waals surface area contributed by atoms with E-state index in [2.05, 4.69) is 15.2 Å². The van der Waals surface area contributed by atoms with Crippen molar-refractivity contribution in [2.75, 3.05) is 5.75 Å². The first-order chi connectivity index (χ1) is 8.58. The van der Waals surface area contributed by atoms with Gasteiger partial charge >= 0.3 is 5.97 Å². The highest BCUT2D eigenvalue weighted by molar-refractivity contribution is 7.99. The van der Waals surface area contributed by atoms with Crippen molar-refractivity contribution in [3.05, 3.63) is 29.8 Å². The van der Waals surface area contributed by atoms with Gasteiger partial charge in [0.1, 0.15) is 5.82 Å². The lowest BCUT2D eigenvalue weighted by Gasteiger charge is -2.07. The molecule has 0 bridgehead atoms. The molecular weight excluding hydrogens is 252 g/mol. The average molecular weight is 264 g/mol. The minimum absolute atomic E-state index is 0.0443. The van der Waals surface area contributed by atoms with Crippen molar-refractivity contribution in [1.29, 1.82) is 0 Å². The lowest BCUT2D eigenvalue weighted by Crippen LogP contribution is -2.03. The summed E-state index contributed by atoms with van der Waals surface area (Å²) in [6.45, 7) is 3.76. The first kappa shape index (κ1) is 12.6. The van der Waals surface area contributed by atoms with Crippen molar-refractivity contribution in [3.8, 4) is 5.69 Å². The van der Waals surface area contributed by atoms with E-state index in [0.717, 1.165) is 23.0 Å². The van der Waals surface area contributed by atoms with Crippen LogP contribution in [0.5, 0.6) is 0 Å². The number of hydrogen-bond acceptors (Lipinski definition) is 5. The molecule has 0 aromatic carbocycles. The van der Waals surface area contributed by atoms with Crippen LogP contribution in [0, 0.1) is 13.8 Å². The second kappa shape index (κ2) is 5.18. The molecule has 1 N–H and O–H groups in total. The van der Waals surface area contributed by atoms with Crippen LogP contribution in [-0.2, 0) is 4.79 Å². The summed E-state index contributed by atoms with van der Waals surface area (Å²) >= 11 is 1.14. The number of carboxylic acid groups (broad SMARTS) is 1. The summed E-state index contributed by atoms with van der Waals surface area (Å²) in [5.41, 5.74) is 1.86. The van der Waals surface area contributed by atoms with E-state index in [1.54, 1.807) is 17.0 Å². The third kappa shape index (κ3) is 2.67. The number of nitrogens with zero attached hydrogens (tertiary/aromatic N) is 4. The number of hydrogen-bond donors (Lipinski definition) is 1. The first-order valence-corrected chi connectivity index (χ1v) is 6.25. The van der Waals surface area contributed by atoms with E-state index in [1.165, 1.54) is 0 Å². The molecule has 0 spiro atoms. The van der Waals surface area contributed by atoms with Crippen molar-refractivity contribution >= 4 is 17.7 Å². The molecule has 0 fully saturated rings. The van der Waals surface area contributed by atoms with Crippen molar-refractivity contribution < 1.29 is 9.90 Å². The van der Waals surface area contributed by atoms with Crippen molar-refractivity contribution in [2.24, 2.45) is 0 Å². The molecule has 0 unspecified atom stereocenters. The van der Waals surface area contributed by atoms with Crippen LogP contribution in [0.4, 0.5) is 0 Å². The largest absolute Gasteiger partial charge is 0.481 e. The van der Waals surface area contributed by atoms with E-state index in [0.29, 0.717) is 11.0 Å². The molecule has 0 saturated carbocycles. The molecule has 0 saturated heterocycles. The second-order valence-electron chi connectivity index (χ2n) is 3.77. The standard InChI is InChI=1S/C11H12N4O2S/c1-7-3-9(5-12-4-7)15-8(2)13-14-11(15)18-6-10(16)17/h3-5H,6H2,1-2H3,(H,16,17). The number of thioether (sulfide) groups is 1. The van der Waals surface area contributed by atoms with Gasteiger partial charge in [-0.15, -0.1) is 10.2 Å². The van der Waals surface area contributed by atoms with Crippen LogP contribution < -0.4 is 0 Å². The molecule has 0 radical (unpaired) electrons. The third-order valence-electron chi connectivity index (χ3n) is 2.24. The van der Waals surface area contributed by atoms with E-state index in [4.69, 9.17) is 5.11 Å². The zero-order valence-electron chi connectivity index (χ0n) is 9.99. The van der Waals surface area contributed by atoms with E-state index in [-0.39, 0.29) is 5.75 Å². The summed E-state index contributed by atoms with van der Waals surface area (Å²) in [4.78, 5) is 14.7. The van der Waals surface area contributed by atoms with Gasteiger partial charge in [0, 0.05) is 6.20 Å². The fourth-order valence-corrected chi connectivity index (χ4v) is 2.24. The van der Waals surface area contributed by atoms with Gasteiger partial charge in [-0.05, 0) is 25.5 Å². The minimum atomic E-state index is -0.880. The van der Waals surface area contributed by atoms with Crippen LogP contribution in [-0.4, -0.2) is 36.6 Å². The van der Waals surface area contributed by atoms with Crippen molar-refractivity contribution in [2.45, 2.75) is 19.0 Å².